The third kappa shape index (κ3) is 1.74. The van der Waals surface area contributed by atoms with Crippen molar-refractivity contribution in [3.63, 3.8) is 0 Å². The number of fused-ring (bicyclic) bond motifs is 2. The molecule has 0 atom stereocenters. The highest BCUT2D eigenvalue weighted by Crippen LogP contribution is 2.50. The lowest BCUT2D eigenvalue weighted by Crippen LogP contribution is -2.55. The average molecular weight is 364 g/mol. The molecule has 4 aromatic rings. The first-order valence-corrected chi connectivity index (χ1v) is 9.72. The van der Waals surface area contributed by atoms with Crippen LogP contribution in [0, 0.1) is 20.2 Å². The first-order valence-electron chi connectivity index (χ1n) is 9.72. The Bertz CT molecular complexity index is 1270. The van der Waals surface area contributed by atoms with Crippen molar-refractivity contribution in [1.82, 2.24) is 4.57 Å². The van der Waals surface area contributed by atoms with Crippen molar-refractivity contribution < 1.29 is 4.57 Å². The van der Waals surface area contributed by atoms with E-state index < -0.39 is 0 Å². The first kappa shape index (κ1) is 15.8. The molecule has 3 heterocycles. The molecule has 0 aliphatic carbocycles. The van der Waals surface area contributed by atoms with E-state index in [1.165, 1.54) is 50.4 Å². The number of benzene rings is 3. The molecule has 0 saturated carbocycles. The number of rotatable bonds is 1. The molecule has 0 radical (unpaired) electrons. The highest BCUT2D eigenvalue weighted by Gasteiger charge is 2.45. The molecule has 0 amide bonds. The lowest BCUT2D eigenvalue weighted by atomic mass is 9.61. The van der Waals surface area contributed by atoms with Gasteiger partial charge in [0.25, 0.3) is 0 Å². The summed E-state index contributed by atoms with van der Waals surface area (Å²) in [5.41, 5.74) is 11.4. The number of anilines is 3. The van der Waals surface area contributed by atoms with Crippen LogP contribution >= 0.6 is 0 Å². The van der Waals surface area contributed by atoms with Crippen molar-refractivity contribution in [2.45, 2.75) is 13.8 Å². The predicted molar refractivity (Wildman–Crippen MR) is 115 cm³/mol. The molecule has 0 N–H and O–H groups in total. The zero-order valence-electron chi connectivity index (χ0n) is 16.6. The third-order valence-corrected chi connectivity index (χ3v) is 6.35. The largest absolute Gasteiger partial charge is 0.415 e. The Kier molecular flexibility index (Phi) is 2.93. The van der Waals surface area contributed by atoms with Gasteiger partial charge < -0.3 is 18.8 Å². The van der Waals surface area contributed by atoms with Crippen molar-refractivity contribution in [3.05, 3.63) is 72.1 Å². The van der Waals surface area contributed by atoms with E-state index in [1.54, 1.807) is 0 Å². The van der Waals surface area contributed by atoms with Crippen LogP contribution in [0.5, 0.6) is 0 Å². The predicted octanol–water partition coefficient (Wildman–Crippen LogP) is 3.17. The van der Waals surface area contributed by atoms with Crippen LogP contribution in [0.25, 0.3) is 16.7 Å². The van der Waals surface area contributed by atoms with Gasteiger partial charge in [0, 0.05) is 11.4 Å². The molecule has 4 nitrogen and oxygen atoms in total. The molecule has 0 fully saturated rings. The number of aromatic nitrogens is 2. The Labute approximate surface area is 165 Å². The topological polar surface area (TPSA) is 15.3 Å². The van der Waals surface area contributed by atoms with Crippen LogP contribution in [-0.2, 0) is 7.05 Å². The SMILES string of the molecule is Cc1cccc(C)c1B1N(C)c2cccc3c2N1c1cccc2c1n-3[c-][n+]2C. The van der Waals surface area contributed by atoms with E-state index in [2.05, 4.69) is 108 Å². The Morgan fingerprint density at radius 2 is 1.50 bits per heavy atom. The van der Waals surface area contributed by atoms with Crippen LogP contribution in [0.1, 0.15) is 11.1 Å². The Morgan fingerprint density at radius 3 is 2.29 bits per heavy atom. The minimum absolute atomic E-state index is 0.136. The Morgan fingerprint density at radius 1 is 0.857 bits per heavy atom. The minimum atomic E-state index is 0.136. The molecule has 2 aliphatic heterocycles. The maximum Gasteiger partial charge on any atom is 0.415 e. The van der Waals surface area contributed by atoms with Gasteiger partial charge in [0.05, 0.1) is 29.5 Å². The van der Waals surface area contributed by atoms with E-state index in [0.29, 0.717) is 0 Å². The fourth-order valence-electron chi connectivity index (χ4n) is 5.11. The summed E-state index contributed by atoms with van der Waals surface area (Å²) in [5, 5.41) is 0. The van der Waals surface area contributed by atoms with Crippen LogP contribution in [0.15, 0.2) is 54.6 Å². The van der Waals surface area contributed by atoms with E-state index in [0.717, 1.165) is 0 Å². The molecule has 3 aromatic carbocycles. The van der Waals surface area contributed by atoms with E-state index >= 15 is 0 Å². The van der Waals surface area contributed by atoms with E-state index in [-0.39, 0.29) is 6.98 Å². The highest BCUT2D eigenvalue weighted by molar-refractivity contribution is 6.84. The van der Waals surface area contributed by atoms with Gasteiger partial charge in [-0.3, -0.25) is 0 Å². The number of hydrogen-bond acceptors (Lipinski definition) is 2. The first-order chi connectivity index (χ1) is 13.6. The molecule has 0 spiro atoms. The summed E-state index contributed by atoms with van der Waals surface area (Å²) in [6.07, 6.45) is 3.51. The van der Waals surface area contributed by atoms with Crippen molar-refractivity contribution in [3.8, 4) is 5.69 Å². The standard InChI is InChI=1S/C23H21BN4/c1-15-8-5-9-16(2)21(15)24-26(4)18-11-7-12-19-23(18)28(24)20-13-6-10-17-22(20)27(19)14-25(17)3/h5-13H,1-4H3. The summed E-state index contributed by atoms with van der Waals surface area (Å²) in [5.74, 6) is 0. The smallest absolute Gasteiger partial charge is 0.393 e. The zero-order valence-corrected chi connectivity index (χ0v) is 16.6. The minimum Gasteiger partial charge on any atom is -0.393 e. The zero-order chi connectivity index (χ0) is 19.2. The van der Waals surface area contributed by atoms with Crippen LogP contribution in [0.4, 0.5) is 17.1 Å². The van der Waals surface area contributed by atoms with E-state index in [9.17, 15) is 0 Å². The quantitative estimate of drug-likeness (QED) is 0.293. The van der Waals surface area contributed by atoms with Crippen LogP contribution in [0.2, 0.25) is 0 Å². The average Bonchev–Trinajstić information content (AvgIpc) is 3.18. The van der Waals surface area contributed by atoms with Gasteiger partial charge in [-0.25, -0.2) is 0 Å². The lowest BCUT2D eigenvalue weighted by Gasteiger charge is -2.34. The van der Waals surface area contributed by atoms with Crippen molar-refractivity contribution in [1.29, 1.82) is 0 Å². The molecule has 136 valence electrons. The summed E-state index contributed by atoms with van der Waals surface area (Å²) in [6, 6.07) is 19.8. The second kappa shape index (κ2) is 5.19. The number of hydrogen-bond donors (Lipinski definition) is 0. The Hall–Kier alpha value is -3.21. The van der Waals surface area contributed by atoms with Gasteiger partial charge in [0.2, 0.25) is 6.33 Å². The highest BCUT2D eigenvalue weighted by atomic mass is 15.3. The van der Waals surface area contributed by atoms with Gasteiger partial charge in [-0.2, -0.15) is 0 Å². The second-order valence-electron chi connectivity index (χ2n) is 7.94. The fourth-order valence-corrected chi connectivity index (χ4v) is 5.11. The number of nitrogens with zero attached hydrogens (tertiary/aromatic N) is 4. The van der Waals surface area contributed by atoms with Crippen LogP contribution < -0.4 is 19.7 Å². The van der Waals surface area contributed by atoms with Gasteiger partial charge in [-0.1, -0.05) is 53.6 Å². The molecule has 6 rings (SSSR count). The van der Waals surface area contributed by atoms with E-state index in [1.807, 2.05) is 0 Å². The van der Waals surface area contributed by atoms with Gasteiger partial charge in [-0.15, -0.1) is 0 Å². The summed E-state index contributed by atoms with van der Waals surface area (Å²) >= 11 is 0. The van der Waals surface area contributed by atoms with Gasteiger partial charge in [0.1, 0.15) is 0 Å². The molecule has 0 saturated heterocycles. The maximum absolute atomic E-state index is 3.51. The second-order valence-corrected chi connectivity index (χ2v) is 7.94. The summed E-state index contributed by atoms with van der Waals surface area (Å²) in [4.78, 5) is 4.94. The molecule has 1 aromatic heterocycles. The van der Waals surface area contributed by atoms with Crippen LogP contribution in [0.3, 0.4) is 0 Å². The molecule has 28 heavy (non-hydrogen) atoms. The molecular formula is C23H21BN4. The molecule has 0 bridgehead atoms. The van der Waals surface area contributed by atoms with Crippen molar-refractivity contribution in [2.75, 3.05) is 16.7 Å². The summed E-state index contributed by atoms with van der Waals surface area (Å²) < 4.78 is 4.32. The fraction of sp³-hybridized carbons (Fsp3) is 0.174. The Balaban J connectivity index is 1.75. The normalized spacial score (nSPS) is 14.2. The van der Waals surface area contributed by atoms with Crippen molar-refractivity contribution in [2.24, 2.45) is 7.05 Å². The number of aryl methyl sites for hydroxylation is 3. The molecular weight excluding hydrogens is 343 g/mol. The van der Waals surface area contributed by atoms with Gasteiger partial charge in [0.15, 0.2) is 0 Å². The molecule has 0 unspecified atom stereocenters. The van der Waals surface area contributed by atoms with Crippen LogP contribution in [-0.4, -0.2) is 18.6 Å². The lowest BCUT2D eigenvalue weighted by molar-refractivity contribution is -0.649. The summed E-state index contributed by atoms with van der Waals surface area (Å²) in [6.45, 7) is 4.58. The van der Waals surface area contributed by atoms with Gasteiger partial charge in [-0.05, 0) is 38.5 Å². The maximum atomic E-state index is 3.51. The number of para-hydroxylation sites is 2. The summed E-state index contributed by atoms with van der Waals surface area (Å²) in [7, 11) is 4.28. The third-order valence-electron chi connectivity index (χ3n) is 6.35. The molecule has 5 heteroatoms. The van der Waals surface area contributed by atoms with Crippen molar-refractivity contribution >= 4 is 40.5 Å². The van der Waals surface area contributed by atoms with E-state index in [4.69, 9.17) is 0 Å². The molecule has 2 aliphatic rings. The van der Waals surface area contributed by atoms with Gasteiger partial charge >= 0.3 is 6.98 Å². The number of imidazole rings is 1. The monoisotopic (exact) mass is 364 g/mol.